The quantitative estimate of drug-likeness (QED) is 0.168. The Hall–Kier alpha value is -0.210. The average Bonchev–Trinajstić information content (AvgIpc) is 2.38. The van der Waals surface area contributed by atoms with E-state index in [0.29, 0.717) is 0 Å². The molecule has 134 valence electrons. The topological polar surface area (TPSA) is 223 Å². The van der Waals surface area contributed by atoms with Gasteiger partial charge in [-0.1, -0.05) is 0 Å². The Bertz CT molecular complexity index is 344. The van der Waals surface area contributed by atoms with Crippen LogP contribution in [0.4, 0.5) is 0 Å². The molecule has 0 spiro atoms. The van der Waals surface area contributed by atoms with Gasteiger partial charge in [0.05, 0.1) is 13.2 Å². The van der Waals surface area contributed by atoms with Gasteiger partial charge in [-0.15, -0.1) is 0 Å². The minimum atomic E-state index is -4.64. The first-order valence-corrected chi connectivity index (χ1v) is 7.67. The molecule has 0 bridgehead atoms. The van der Waals surface area contributed by atoms with Crippen LogP contribution < -0.4 is 5.73 Å². The van der Waals surface area contributed by atoms with Gasteiger partial charge in [-0.25, -0.2) is 4.57 Å². The first kappa shape index (κ1) is 21.8. The third-order valence-corrected chi connectivity index (χ3v) is 2.56. The van der Waals surface area contributed by atoms with Crippen LogP contribution in [0.5, 0.6) is 0 Å². The maximum atomic E-state index is 9.64. The number of nitrogens with two attached hydrogens (primary N) is 1. The zero-order valence-corrected chi connectivity index (χ0v) is 12.3. The van der Waals surface area contributed by atoms with Crippen molar-refractivity contribution in [3.8, 4) is 0 Å². The van der Waals surface area contributed by atoms with Gasteiger partial charge >= 0.3 is 7.82 Å². The van der Waals surface area contributed by atoms with Crippen molar-refractivity contribution >= 4 is 7.82 Å². The fraction of sp³-hybridized carbons (Fsp3) is 1.00. The third-order valence-electron chi connectivity index (χ3n) is 2.56. The van der Waals surface area contributed by atoms with E-state index in [1.54, 1.807) is 0 Å². The van der Waals surface area contributed by atoms with Gasteiger partial charge < -0.3 is 55.4 Å². The normalized spacial score (nSPS) is 33.8. The Morgan fingerprint density at radius 2 is 1.59 bits per heavy atom. The number of ether oxygens (including phenoxy) is 2. The average molecular weight is 351 g/mol. The molecule has 1 fully saturated rings. The van der Waals surface area contributed by atoms with Crippen LogP contribution in [0.25, 0.3) is 0 Å². The van der Waals surface area contributed by atoms with Crippen molar-refractivity contribution in [2.45, 2.75) is 36.8 Å². The van der Waals surface area contributed by atoms with Crippen LogP contribution in [0.2, 0.25) is 0 Å². The van der Waals surface area contributed by atoms with Gasteiger partial charge in [0, 0.05) is 6.54 Å². The monoisotopic (exact) mass is 351 g/mol. The minimum absolute atomic E-state index is 0.158. The van der Waals surface area contributed by atoms with Crippen molar-refractivity contribution in [3.63, 3.8) is 0 Å². The summed E-state index contributed by atoms with van der Waals surface area (Å²) in [7, 11) is -4.64. The van der Waals surface area contributed by atoms with Gasteiger partial charge in [0.25, 0.3) is 0 Å². The SMILES string of the molecule is NCCOCC(O)[C@H]1O[C@@H](O)[C@@H](O)[C@@H](O)[C@@H]1O.O=P(O)(O)O. The van der Waals surface area contributed by atoms with Gasteiger partial charge in [-0.05, 0) is 0 Å². The Labute approximate surface area is 125 Å². The summed E-state index contributed by atoms with van der Waals surface area (Å²) in [4.78, 5) is 21.6. The summed E-state index contributed by atoms with van der Waals surface area (Å²) in [6.45, 7) is 0.354. The fourth-order valence-corrected chi connectivity index (χ4v) is 1.59. The molecule has 0 aliphatic carbocycles. The van der Waals surface area contributed by atoms with Gasteiger partial charge in [0.15, 0.2) is 6.29 Å². The van der Waals surface area contributed by atoms with Gasteiger partial charge in [-0.2, -0.15) is 0 Å². The second-order valence-corrected chi connectivity index (χ2v) is 5.43. The molecule has 13 heteroatoms. The van der Waals surface area contributed by atoms with Gasteiger partial charge in [0.1, 0.15) is 30.5 Å². The lowest BCUT2D eigenvalue weighted by Gasteiger charge is -2.40. The van der Waals surface area contributed by atoms with Crippen molar-refractivity contribution in [2.24, 2.45) is 5.73 Å². The van der Waals surface area contributed by atoms with E-state index in [1.165, 1.54) is 0 Å². The van der Waals surface area contributed by atoms with Crippen LogP contribution in [0.15, 0.2) is 0 Å². The molecule has 10 N–H and O–H groups in total. The van der Waals surface area contributed by atoms with Crippen LogP contribution in [-0.4, -0.2) is 96.8 Å². The Morgan fingerprint density at radius 3 is 2.05 bits per heavy atom. The Balaban J connectivity index is 0.000000763. The van der Waals surface area contributed by atoms with Gasteiger partial charge in [0.2, 0.25) is 0 Å². The molecule has 6 atom stereocenters. The predicted octanol–water partition coefficient (Wildman–Crippen LogP) is -4.81. The molecule has 0 aromatic rings. The number of aliphatic hydroxyl groups excluding tert-OH is 5. The lowest BCUT2D eigenvalue weighted by atomic mass is 9.96. The van der Waals surface area contributed by atoms with Crippen LogP contribution in [0.3, 0.4) is 0 Å². The van der Waals surface area contributed by atoms with Crippen molar-refractivity contribution in [3.05, 3.63) is 0 Å². The van der Waals surface area contributed by atoms with E-state index in [4.69, 9.17) is 34.5 Å². The molecule has 1 rings (SSSR count). The van der Waals surface area contributed by atoms with Crippen LogP contribution in [0, 0.1) is 0 Å². The summed E-state index contributed by atoms with van der Waals surface area (Å²) in [6.07, 6.45) is -8.85. The molecule has 0 radical (unpaired) electrons. The van der Waals surface area contributed by atoms with Crippen LogP contribution in [-0.2, 0) is 14.0 Å². The van der Waals surface area contributed by atoms with Crippen LogP contribution >= 0.6 is 7.82 Å². The molecule has 0 saturated carbocycles. The maximum Gasteiger partial charge on any atom is 0.466 e. The zero-order valence-electron chi connectivity index (χ0n) is 11.4. The number of hydrogen-bond donors (Lipinski definition) is 9. The molecule has 0 aromatic carbocycles. The fourth-order valence-electron chi connectivity index (χ4n) is 1.59. The predicted molar refractivity (Wildman–Crippen MR) is 69.0 cm³/mol. The highest BCUT2D eigenvalue weighted by molar-refractivity contribution is 7.45. The lowest BCUT2D eigenvalue weighted by molar-refractivity contribution is -0.299. The summed E-state index contributed by atoms with van der Waals surface area (Å²) in [6, 6.07) is 0. The lowest BCUT2D eigenvalue weighted by Crippen LogP contribution is -2.61. The van der Waals surface area contributed by atoms with E-state index in [9.17, 15) is 25.5 Å². The minimum Gasteiger partial charge on any atom is -0.388 e. The smallest absolute Gasteiger partial charge is 0.388 e. The first-order valence-electron chi connectivity index (χ1n) is 6.11. The van der Waals surface area contributed by atoms with E-state index in [-0.39, 0.29) is 19.8 Å². The van der Waals surface area contributed by atoms with E-state index >= 15 is 0 Å². The molecular weight excluding hydrogens is 329 g/mol. The molecule has 1 heterocycles. The second-order valence-electron chi connectivity index (χ2n) is 4.41. The molecule has 22 heavy (non-hydrogen) atoms. The molecule has 1 aliphatic heterocycles. The highest BCUT2D eigenvalue weighted by atomic mass is 31.2. The van der Waals surface area contributed by atoms with Crippen molar-refractivity contribution in [2.75, 3.05) is 19.8 Å². The van der Waals surface area contributed by atoms with Crippen molar-refractivity contribution in [1.29, 1.82) is 0 Å². The molecule has 1 aliphatic rings. The molecule has 12 nitrogen and oxygen atoms in total. The third kappa shape index (κ3) is 8.43. The maximum absolute atomic E-state index is 9.64. The molecule has 0 aromatic heterocycles. The van der Waals surface area contributed by atoms with Gasteiger partial charge in [-0.3, -0.25) is 0 Å². The summed E-state index contributed by atoms with van der Waals surface area (Å²) in [5, 5.41) is 47.1. The summed E-state index contributed by atoms with van der Waals surface area (Å²) in [5.74, 6) is 0. The summed E-state index contributed by atoms with van der Waals surface area (Å²) < 4.78 is 18.6. The first-order chi connectivity index (χ1) is 9.99. The summed E-state index contributed by atoms with van der Waals surface area (Å²) in [5.41, 5.74) is 5.18. The van der Waals surface area contributed by atoms with E-state index in [1.807, 2.05) is 0 Å². The van der Waals surface area contributed by atoms with Crippen LogP contribution in [0.1, 0.15) is 0 Å². The van der Waals surface area contributed by atoms with E-state index in [2.05, 4.69) is 0 Å². The van der Waals surface area contributed by atoms with Crippen molar-refractivity contribution < 1.29 is 54.3 Å². The highest BCUT2D eigenvalue weighted by Gasteiger charge is 2.45. The number of hydrogen-bond acceptors (Lipinski definition) is 9. The molecular formula is C9H22NO11P. The molecule has 0 amide bonds. The standard InChI is InChI=1S/C9H19NO7.H3O4P/c10-1-2-16-3-4(11)8-6(13)5(12)7(14)9(15)17-8;1-5(2,3)4/h4-9,11-15H,1-3,10H2;(H3,1,2,3,4)/t4?,5-,6-,7-,8+,9+;/m0./s1. The number of aliphatic hydroxyl groups is 5. The number of phosphoric acid groups is 1. The Kier molecular flexibility index (Phi) is 9.73. The van der Waals surface area contributed by atoms with Crippen molar-refractivity contribution in [1.82, 2.24) is 0 Å². The van der Waals surface area contributed by atoms with E-state index < -0.39 is 44.6 Å². The summed E-state index contributed by atoms with van der Waals surface area (Å²) >= 11 is 0. The van der Waals surface area contributed by atoms with E-state index in [0.717, 1.165) is 0 Å². The Morgan fingerprint density at radius 1 is 1.09 bits per heavy atom. The number of rotatable bonds is 5. The highest BCUT2D eigenvalue weighted by Crippen LogP contribution is 2.25. The second kappa shape index (κ2) is 9.82. The molecule has 1 saturated heterocycles. The molecule has 1 unspecified atom stereocenters. The largest absolute Gasteiger partial charge is 0.466 e. The zero-order chi connectivity index (χ0) is 17.5.